The Balaban J connectivity index is 1.30. The fraction of sp³-hybridized carbons (Fsp3) is 0.400. The van der Waals surface area contributed by atoms with Gasteiger partial charge in [0.1, 0.15) is 0 Å². The maximum atomic E-state index is 12.8. The number of hydrogen-bond donors (Lipinski definition) is 1. The first-order valence-electron chi connectivity index (χ1n) is 11.7. The fourth-order valence-corrected chi connectivity index (χ4v) is 5.24. The van der Waals surface area contributed by atoms with Crippen molar-refractivity contribution < 1.29 is 17.7 Å². The molecule has 3 aromatic rings. The van der Waals surface area contributed by atoms with E-state index in [0.717, 1.165) is 5.56 Å². The van der Waals surface area contributed by atoms with Gasteiger partial charge in [0.15, 0.2) is 0 Å². The topological polar surface area (TPSA) is 109 Å². The van der Waals surface area contributed by atoms with Crippen LogP contribution in [0, 0.1) is 0 Å². The van der Waals surface area contributed by atoms with Crippen LogP contribution in [-0.4, -0.2) is 66.9 Å². The zero-order valence-electron chi connectivity index (χ0n) is 20.3. The van der Waals surface area contributed by atoms with Gasteiger partial charge in [0, 0.05) is 50.3 Å². The zero-order valence-corrected chi connectivity index (χ0v) is 21.1. The molecule has 0 aliphatic carbocycles. The Bertz CT molecular complexity index is 1250. The molecule has 0 unspecified atom stereocenters. The van der Waals surface area contributed by atoms with Gasteiger partial charge >= 0.3 is 0 Å². The summed E-state index contributed by atoms with van der Waals surface area (Å²) in [6.45, 7) is 6.63. The van der Waals surface area contributed by atoms with Crippen molar-refractivity contribution in [2.24, 2.45) is 0 Å². The predicted molar refractivity (Wildman–Crippen MR) is 133 cm³/mol. The number of rotatable bonds is 8. The maximum absolute atomic E-state index is 12.8. The number of hydrogen-bond acceptors (Lipinski definition) is 7. The molecule has 0 saturated carbocycles. The van der Waals surface area contributed by atoms with Gasteiger partial charge in [0.05, 0.1) is 4.90 Å². The summed E-state index contributed by atoms with van der Waals surface area (Å²) in [7, 11) is -1.56. The lowest BCUT2D eigenvalue weighted by Gasteiger charge is -2.31. The van der Waals surface area contributed by atoms with Gasteiger partial charge in [-0.3, -0.25) is 4.79 Å². The number of carbonyl (C=O) groups is 1. The third kappa shape index (κ3) is 6.14. The highest BCUT2D eigenvalue weighted by Crippen LogP contribution is 2.22. The first-order valence-corrected chi connectivity index (χ1v) is 13.2. The summed E-state index contributed by atoms with van der Waals surface area (Å²) in [5.41, 5.74) is 2.63. The molecule has 0 bridgehead atoms. The van der Waals surface area contributed by atoms with Gasteiger partial charge in [0.25, 0.3) is 0 Å². The largest absolute Gasteiger partial charge is 0.339 e. The highest BCUT2D eigenvalue weighted by atomic mass is 32.2. The van der Waals surface area contributed by atoms with Crippen molar-refractivity contribution in [2.45, 2.75) is 37.5 Å². The van der Waals surface area contributed by atoms with Gasteiger partial charge in [0.2, 0.25) is 27.6 Å². The molecule has 1 saturated heterocycles. The van der Waals surface area contributed by atoms with Crippen molar-refractivity contribution in [1.82, 2.24) is 19.3 Å². The van der Waals surface area contributed by atoms with E-state index in [0.29, 0.717) is 55.9 Å². The molecule has 1 N–H and O–H groups in total. The number of benzene rings is 2. The third-order valence-corrected chi connectivity index (χ3v) is 8.02. The molecule has 1 aliphatic rings. The summed E-state index contributed by atoms with van der Waals surface area (Å²) in [5.74, 6) is 1.10. The Labute approximate surface area is 206 Å². The Morgan fingerprint density at radius 3 is 2.31 bits per heavy atom. The van der Waals surface area contributed by atoms with E-state index in [4.69, 9.17) is 4.52 Å². The number of anilines is 1. The van der Waals surface area contributed by atoms with Crippen LogP contribution in [0.2, 0.25) is 0 Å². The summed E-state index contributed by atoms with van der Waals surface area (Å²) >= 11 is 0. The fourth-order valence-electron chi connectivity index (χ4n) is 3.82. The summed E-state index contributed by atoms with van der Waals surface area (Å²) in [6, 6.07) is 14.3. The van der Waals surface area contributed by atoms with Gasteiger partial charge in [-0.25, -0.2) is 8.42 Å². The van der Waals surface area contributed by atoms with Crippen molar-refractivity contribution in [1.29, 1.82) is 0 Å². The molecule has 35 heavy (non-hydrogen) atoms. The molecule has 0 atom stereocenters. The van der Waals surface area contributed by atoms with Crippen LogP contribution in [0.25, 0.3) is 11.4 Å². The van der Waals surface area contributed by atoms with E-state index < -0.39 is 10.0 Å². The van der Waals surface area contributed by atoms with Crippen LogP contribution in [0.15, 0.2) is 57.9 Å². The Hall–Kier alpha value is -3.08. The number of likely N-dealkylation sites (N-methyl/N-ethyl adjacent to an activating group) is 1. The second-order valence-electron chi connectivity index (χ2n) is 9.07. The van der Waals surface area contributed by atoms with Crippen molar-refractivity contribution in [2.75, 3.05) is 38.5 Å². The van der Waals surface area contributed by atoms with E-state index in [1.807, 2.05) is 31.3 Å². The minimum Gasteiger partial charge on any atom is -0.339 e. The third-order valence-electron chi connectivity index (χ3n) is 6.11. The van der Waals surface area contributed by atoms with Crippen molar-refractivity contribution in [3.05, 3.63) is 60.0 Å². The molecule has 2 heterocycles. The molecule has 0 spiro atoms. The smallest absolute Gasteiger partial charge is 0.243 e. The van der Waals surface area contributed by atoms with Crippen molar-refractivity contribution in [3.63, 3.8) is 0 Å². The number of aryl methyl sites for hydroxylation is 1. The summed E-state index contributed by atoms with van der Waals surface area (Å²) in [6.07, 6.45) is 0.466. The number of aromatic nitrogens is 2. The van der Waals surface area contributed by atoms with Gasteiger partial charge in [-0.05, 0) is 42.8 Å². The maximum Gasteiger partial charge on any atom is 0.243 e. The van der Waals surface area contributed by atoms with E-state index >= 15 is 0 Å². The zero-order chi connectivity index (χ0) is 25.0. The van der Waals surface area contributed by atoms with E-state index in [2.05, 4.69) is 34.2 Å². The van der Waals surface area contributed by atoms with Crippen molar-refractivity contribution in [3.8, 4) is 11.4 Å². The first kappa shape index (κ1) is 25.0. The van der Waals surface area contributed by atoms with E-state index in [9.17, 15) is 13.2 Å². The standard InChI is InChI=1S/C25H31N5O4S/c1-18(2)19-4-6-20(7-5-19)25-27-24(34-28-25)13-12-23(31)26-21-8-10-22(11-9-21)35(32,33)30-16-14-29(3)15-17-30/h4-11,18H,12-17H2,1-3H3,(H,26,31). The molecule has 186 valence electrons. The molecule has 10 heteroatoms. The molecule has 1 aliphatic heterocycles. The number of sulfonamides is 1. The average Bonchev–Trinajstić information content (AvgIpc) is 3.33. The van der Waals surface area contributed by atoms with Crippen LogP contribution in [0.4, 0.5) is 5.69 Å². The normalized spacial score (nSPS) is 15.4. The monoisotopic (exact) mass is 497 g/mol. The molecule has 9 nitrogen and oxygen atoms in total. The van der Waals surface area contributed by atoms with Crippen LogP contribution in [-0.2, 0) is 21.2 Å². The number of nitrogens with one attached hydrogen (secondary N) is 1. The van der Waals surface area contributed by atoms with Gasteiger partial charge in [-0.1, -0.05) is 43.3 Å². The SMILES string of the molecule is CC(C)c1ccc(-c2noc(CCC(=O)Nc3ccc(S(=O)(=O)N4CCN(C)CC4)cc3)n2)cc1. The molecule has 1 fully saturated rings. The minimum absolute atomic E-state index is 0.162. The summed E-state index contributed by atoms with van der Waals surface area (Å²) in [5, 5.41) is 6.80. The van der Waals surface area contributed by atoms with E-state index in [1.54, 1.807) is 12.1 Å². The van der Waals surface area contributed by atoms with Crippen LogP contribution >= 0.6 is 0 Å². The van der Waals surface area contributed by atoms with Crippen LogP contribution < -0.4 is 5.32 Å². The lowest BCUT2D eigenvalue weighted by molar-refractivity contribution is -0.116. The average molecular weight is 498 g/mol. The van der Waals surface area contributed by atoms with E-state index in [1.165, 1.54) is 22.0 Å². The molecule has 2 aromatic carbocycles. The molecular weight excluding hydrogens is 466 g/mol. The van der Waals surface area contributed by atoms with Crippen LogP contribution in [0.1, 0.15) is 37.6 Å². The van der Waals surface area contributed by atoms with Gasteiger partial charge in [-0.2, -0.15) is 9.29 Å². The number of amides is 1. The van der Waals surface area contributed by atoms with Crippen LogP contribution in [0.3, 0.4) is 0 Å². The summed E-state index contributed by atoms with van der Waals surface area (Å²) in [4.78, 5) is 19.1. The van der Waals surface area contributed by atoms with E-state index in [-0.39, 0.29) is 17.2 Å². The predicted octanol–water partition coefficient (Wildman–Crippen LogP) is 3.37. The molecule has 4 rings (SSSR count). The highest BCUT2D eigenvalue weighted by Gasteiger charge is 2.27. The minimum atomic E-state index is -3.54. The van der Waals surface area contributed by atoms with Crippen molar-refractivity contribution >= 4 is 21.6 Å². The highest BCUT2D eigenvalue weighted by molar-refractivity contribution is 7.89. The second-order valence-corrected chi connectivity index (χ2v) is 11.0. The first-order chi connectivity index (χ1) is 16.7. The van der Waals surface area contributed by atoms with Gasteiger partial charge in [-0.15, -0.1) is 0 Å². The Kier molecular flexibility index (Phi) is 7.63. The molecule has 1 aromatic heterocycles. The Morgan fingerprint density at radius 2 is 1.69 bits per heavy atom. The lowest BCUT2D eigenvalue weighted by atomic mass is 10.0. The number of piperazine rings is 1. The van der Waals surface area contributed by atoms with Crippen LogP contribution in [0.5, 0.6) is 0 Å². The Morgan fingerprint density at radius 1 is 1.03 bits per heavy atom. The number of nitrogens with zero attached hydrogens (tertiary/aromatic N) is 4. The quantitative estimate of drug-likeness (QED) is 0.508. The second kappa shape index (κ2) is 10.7. The van der Waals surface area contributed by atoms with Gasteiger partial charge < -0.3 is 14.7 Å². The molecule has 1 amide bonds. The molecular formula is C25H31N5O4S. The number of carbonyl (C=O) groups excluding carboxylic acids is 1. The lowest BCUT2D eigenvalue weighted by Crippen LogP contribution is -2.46. The summed E-state index contributed by atoms with van der Waals surface area (Å²) < 4.78 is 32.5. The molecule has 0 radical (unpaired) electrons.